The maximum atomic E-state index is 10.2. The van der Waals surface area contributed by atoms with E-state index in [1.807, 2.05) is 0 Å². The van der Waals surface area contributed by atoms with E-state index in [-0.39, 0.29) is 13.2 Å². The largest absolute Gasteiger partial charge is 0.480 e. The van der Waals surface area contributed by atoms with Crippen LogP contribution >= 0.6 is 0 Å². The quantitative estimate of drug-likeness (QED) is 0.599. The van der Waals surface area contributed by atoms with Crippen molar-refractivity contribution in [2.45, 2.75) is 0 Å². The molecule has 0 aliphatic heterocycles. The summed E-state index contributed by atoms with van der Waals surface area (Å²) in [6, 6.07) is 0. The molecule has 0 aliphatic rings. The predicted octanol–water partition coefficient (Wildman–Crippen LogP) is -0.134. The van der Waals surface area contributed by atoms with Gasteiger partial charge in [0.1, 0.15) is 18.5 Å². The van der Waals surface area contributed by atoms with E-state index in [2.05, 4.69) is 25.3 Å². The Balaban J connectivity index is 1.86. The van der Waals surface area contributed by atoms with Gasteiger partial charge in [0.2, 0.25) is 0 Å². The zero-order valence-electron chi connectivity index (χ0n) is 8.88. The third kappa shape index (κ3) is 2.88. The predicted molar refractivity (Wildman–Crippen MR) is 58.6 cm³/mol. The van der Waals surface area contributed by atoms with E-state index >= 15 is 0 Å². The van der Waals surface area contributed by atoms with Gasteiger partial charge in [0.25, 0.3) is 0 Å². The van der Waals surface area contributed by atoms with Crippen LogP contribution in [-0.4, -0.2) is 50.8 Å². The van der Waals surface area contributed by atoms with Crippen molar-refractivity contribution in [2.24, 2.45) is 0 Å². The summed E-state index contributed by atoms with van der Waals surface area (Å²) in [5.74, 6) is -0.366. The lowest BCUT2D eigenvalue weighted by molar-refractivity contribution is -0.142. The fraction of sp³-hybridized carbons (Fsp3) is 0.333. The molecule has 2 heterocycles. The number of fused-ring (bicyclic) bond motifs is 1. The van der Waals surface area contributed by atoms with E-state index in [1.165, 1.54) is 12.7 Å². The molecule has 17 heavy (non-hydrogen) atoms. The van der Waals surface area contributed by atoms with Crippen LogP contribution in [0.2, 0.25) is 0 Å². The molecule has 2 aromatic heterocycles. The second-order valence-corrected chi connectivity index (χ2v) is 3.20. The van der Waals surface area contributed by atoms with Gasteiger partial charge in [-0.3, -0.25) is 0 Å². The lowest BCUT2D eigenvalue weighted by Gasteiger charge is -2.05. The molecule has 0 unspecified atom stereocenters. The number of aromatic nitrogens is 4. The van der Waals surface area contributed by atoms with Gasteiger partial charge in [0.15, 0.2) is 11.5 Å². The molecule has 0 aromatic carbocycles. The van der Waals surface area contributed by atoms with Crippen molar-refractivity contribution in [3.8, 4) is 0 Å². The molecule has 2 aromatic rings. The molecule has 0 saturated carbocycles. The molecule has 0 bridgehead atoms. The van der Waals surface area contributed by atoms with Crippen LogP contribution in [0.1, 0.15) is 0 Å². The van der Waals surface area contributed by atoms with Crippen LogP contribution < -0.4 is 5.32 Å². The van der Waals surface area contributed by atoms with Gasteiger partial charge >= 0.3 is 5.97 Å². The number of aromatic amines is 1. The van der Waals surface area contributed by atoms with Crippen molar-refractivity contribution < 1.29 is 14.6 Å². The highest BCUT2D eigenvalue weighted by atomic mass is 16.5. The molecule has 2 rings (SSSR count). The second-order valence-electron chi connectivity index (χ2n) is 3.20. The lowest BCUT2D eigenvalue weighted by atomic mass is 10.5. The van der Waals surface area contributed by atoms with E-state index in [4.69, 9.17) is 9.84 Å². The highest BCUT2D eigenvalue weighted by Gasteiger charge is 2.04. The summed E-state index contributed by atoms with van der Waals surface area (Å²) in [6.07, 6.45) is 2.94. The van der Waals surface area contributed by atoms with Crippen molar-refractivity contribution in [2.75, 3.05) is 25.1 Å². The number of hydrogen-bond acceptors (Lipinski definition) is 6. The Bertz CT molecular complexity index is 512. The Morgan fingerprint density at radius 1 is 1.47 bits per heavy atom. The molecule has 0 atom stereocenters. The SMILES string of the molecule is O=C(O)COCCNc1ncnc2nc[nH]c12. The highest BCUT2D eigenvalue weighted by Crippen LogP contribution is 2.13. The zero-order chi connectivity index (χ0) is 12.1. The van der Waals surface area contributed by atoms with Crippen molar-refractivity contribution in [3.63, 3.8) is 0 Å². The highest BCUT2D eigenvalue weighted by molar-refractivity contribution is 5.81. The van der Waals surface area contributed by atoms with Crippen LogP contribution in [0.4, 0.5) is 5.82 Å². The first-order valence-corrected chi connectivity index (χ1v) is 4.95. The van der Waals surface area contributed by atoms with Crippen LogP contribution in [0.5, 0.6) is 0 Å². The molecule has 0 spiro atoms. The summed E-state index contributed by atoms with van der Waals surface area (Å²) >= 11 is 0. The average Bonchev–Trinajstić information content (AvgIpc) is 2.77. The lowest BCUT2D eigenvalue weighted by Crippen LogP contribution is -2.14. The maximum Gasteiger partial charge on any atom is 0.329 e. The maximum absolute atomic E-state index is 10.2. The van der Waals surface area contributed by atoms with E-state index in [9.17, 15) is 4.79 Å². The first kappa shape index (κ1) is 11.3. The van der Waals surface area contributed by atoms with Crippen LogP contribution in [0, 0.1) is 0 Å². The molecule has 0 radical (unpaired) electrons. The van der Waals surface area contributed by atoms with E-state index in [1.54, 1.807) is 0 Å². The standard InChI is InChI=1S/C9H11N5O3/c15-6(16)3-17-2-1-10-8-7-9(12-4-11-7)14-5-13-8/h4-5H,1-3H2,(H,15,16)(H2,10,11,12,13,14). The van der Waals surface area contributed by atoms with E-state index < -0.39 is 5.97 Å². The summed E-state index contributed by atoms with van der Waals surface area (Å²) in [5, 5.41) is 11.4. The fourth-order valence-corrected chi connectivity index (χ4v) is 1.30. The van der Waals surface area contributed by atoms with Gasteiger partial charge in [-0.1, -0.05) is 0 Å². The number of hydrogen-bond donors (Lipinski definition) is 3. The van der Waals surface area contributed by atoms with Gasteiger partial charge in [0, 0.05) is 6.54 Å². The molecule has 0 aliphatic carbocycles. The van der Waals surface area contributed by atoms with Gasteiger partial charge in [-0.05, 0) is 0 Å². The topological polar surface area (TPSA) is 113 Å². The number of nitrogens with zero attached hydrogens (tertiary/aromatic N) is 3. The summed E-state index contributed by atoms with van der Waals surface area (Å²) < 4.78 is 4.88. The van der Waals surface area contributed by atoms with Crippen LogP contribution in [0.15, 0.2) is 12.7 Å². The number of carboxylic acids is 1. The molecule has 0 fully saturated rings. The number of rotatable bonds is 6. The third-order valence-electron chi connectivity index (χ3n) is 1.99. The van der Waals surface area contributed by atoms with Crippen molar-refractivity contribution in [1.29, 1.82) is 0 Å². The van der Waals surface area contributed by atoms with E-state index in [0.29, 0.717) is 23.5 Å². The van der Waals surface area contributed by atoms with Crippen molar-refractivity contribution >= 4 is 23.0 Å². The number of H-pyrrole nitrogens is 1. The van der Waals surface area contributed by atoms with Crippen LogP contribution in [-0.2, 0) is 9.53 Å². The van der Waals surface area contributed by atoms with Crippen LogP contribution in [0.3, 0.4) is 0 Å². The second kappa shape index (κ2) is 5.21. The smallest absolute Gasteiger partial charge is 0.329 e. The normalized spacial score (nSPS) is 10.6. The minimum absolute atomic E-state index is 0.284. The minimum Gasteiger partial charge on any atom is -0.480 e. The first-order chi connectivity index (χ1) is 8.27. The fourth-order valence-electron chi connectivity index (χ4n) is 1.30. The molecular formula is C9H11N5O3. The minimum atomic E-state index is -0.983. The number of aliphatic carboxylic acids is 1. The van der Waals surface area contributed by atoms with Gasteiger partial charge in [0.05, 0.1) is 12.9 Å². The molecule has 0 saturated heterocycles. The van der Waals surface area contributed by atoms with E-state index in [0.717, 1.165) is 0 Å². The number of imidazole rings is 1. The summed E-state index contributed by atoms with van der Waals surface area (Å²) in [6.45, 7) is 0.440. The molecular weight excluding hydrogens is 226 g/mol. The van der Waals surface area contributed by atoms with Gasteiger partial charge in [-0.2, -0.15) is 0 Å². The number of carboxylic acid groups (broad SMARTS) is 1. The molecule has 0 amide bonds. The Morgan fingerprint density at radius 2 is 2.35 bits per heavy atom. The van der Waals surface area contributed by atoms with Crippen molar-refractivity contribution in [1.82, 2.24) is 19.9 Å². The Morgan fingerprint density at radius 3 is 3.18 bits per heavy atom. The van der Waals surface area contributed by atoms with Gasteiger partial charge < -0.3 is 20.1 Å². The molecule has 3 N–H and O–H groups in total. The van der Waals surface area contributed by atoms with Gasteiger partial charge in [-0.25, -0.2) is 19.7 Å². The molecule has 8 heteroatoms. The first-order valence-electron chi connectivity index (χ1n) is 4.95. The number of anilines is 1. The third-order valence-corrected chi connectivity index (χ3v) is 1.99. The molecule has 8 nitrogen and oxygen atoms in total. The number of nitrogens with one attached hydrogen (secondary N) is 2. The Hall–Kier alpha value is -2.22. The Labute approximate surface area is 96.1 Å². The average molecular weight is 237 g/mol. The summed E-state index contributed by atoms with van der Waals surface area (Å²) in [4.78, 5) is 25.1. The monoisotopic (exact) mass is 237 g/mol. The Kier molecular flexibility index (Phi) is 3.46. The summed E-state index contributed by atoms with van der Waals surface area (Å²) in [5.41, 5.74) is 1.29. The van der Waals surface area contributed by atoms with Gasteiger partial charge in [-0.15, -0.1) is 0 Å². The zero-order valence-corrected chi connectivity index (χ0v) is 8.88. The van der Waals surface area contributed by atoms with Crippen molar-refractivity contribution in [3.05, 3.63) is 12.7 Å². The number of ether oxygens (including phenoxy) is 1. The summed E-state index contributed by atoms with van der Waals surface area (Å²) in [7, 11) is 0. The van der Waals surface area contributed by atoms with Crippen LogP contribution in [0.25, 0.3) is 11.2 Å². The number of carbonyl (C=O) groups is 1. The molecule has 90 valence electrons.